The van der Waals surface area contributed by atoms with E-state index < -0.39 is 168 Å². The van der Waals surface area contributed by atoms with E-state index in [1.165, 1.54) is 39.8 Å². The molecule has 0 saturated carbocycles. The van der Waals surface area contributed by atoms with Crippen LogP contribution in [-0.4, -0.2) is 185 Å². The summed E-state index contributed by atoms with van der Waals surface area (Å²) in [7, 11) is 2.62. The molecule has 0 radical (unpaired) electrons. The van der Waals surface area contributed by atoms with Gasteiger partial charge in [-0.05, 0) is 67.7 Å². The molecule has 4 rings (SSSR count). The SMILES string of the molecule is CC(C)C[C@H](NC(=O)CNC(=O)[C@H](Cc1ccccc1)N(C)C(=O)[C@H](C)NC(=O)C(N)Cc1ccccc1)C(=O)N[C@@H](C)C(=O)N[C@H](C(=O)N[C@@H](Cc1ccccc1)C(=O)N[C@@H](CC(=O)SCc1ccccc1)C(=O)N(C)[C@@H](C)C(=O)N[C@@H](CO)C(=O)NCC(N)=O)C(C)C. The fraction of sp³-hybridized carbons (Fsp3) is 0.448. The number of likely N-dealkylation sites (N-methyl/N-ethyl adjacent to an activating group) is 2. The van der Waals surface area contributed by atoms with Crippen LogP contribution in [-0.2, 0) is 87.3 Å². The third-order valence-electron chi connectivity index (χ3n) is 15.2. The Hall–Kier alpha value is -9.54. The average molecular weight is 1330 g/mol. The van der Waals surface area contributed by atoms with Gasteiger partial charge in [0.1, 0.15) is 54.4 Å². The van der Waals surface area contributed by atoms with E-state index in [2.05, 4.69) is 47.9 Å². The van der Waals surface area contributed by atoms with Crippen molar-refractivity contribution >= 4 is 87.8 Å². The van der Waals surface area contributed by atoms with Crippen LogP contribution in [0.15, 0.2) is 121 Å². The summed E-state index contributed by atoms with van der Waals surface area (Å²) in [5.74, 6) is -10.4. The minimum absolute atomic E-state index is 0.0271. The number of carbonyl (C=O) groups excluding carboxylic acids is 13. The van der Waals surface area contributed by atoms with Crippen LogP contribution in [0.5, 0.6) is 0 Å². The summed E-state index contributed by atoms with van der Waals surface area (Å²) in [6, 6.07) is 22.2. The van der Waals surface area contributed by atoms with Gasteiger partial charge in [0.15, 0.2) is 5.12 Å². The second kappa shape index (κ2) is 39.2. The molecule has 27 nitrogen and oxygen atoms in total. The van der Waals surface area contributed by atoms with E-state index >= 15 is 0 Å². The van der Waals surface area contributed by atoms with Crippen molar-refractivity contribution in [2.75, 3.05) is 33.8 Å². The first-order chi connectivity index (χ1) is 45.0. The largest absolute Gasteiger partial charge is 0.394 e. The molecule has 1 unspecified atom stereocenters. The van der Waals surface area contributed by atoms with Gasteiger partial charge < -0.3 is 74.2 Å². The Morgan fingerprint density at radius 1 is 0.463 bits per heavy atom. The zero-order valence-corrected chi connectivity index (χ0v) is 55.9. The highest BCUT2D eigenvalue weighted by molar-refractivity contribution is 8.12. The number of hydrogen-bond acceptors (Lipinski definition) is 16. The number of hydrogen-bond donors (Lipinski definition) is 12. The summed E-state index contributed by atoms with van der Waals surface area (Å²) in [4.78, 5) is 179. The summed E-state index contributed by atoms with van der Waals surface area (Å²) in [6.07, 6.45) is -0.433. The van der Waals surface area contributed by atoms with Crippen LogP contribution >= 0.6 is 11.8 Å². The first-order valence-corrected chi connectivity index (χ1v) is 32.1. The van der Waals surface area contributed by atoms with E-state index in [0.29, 0.717) is 11.1 Å². The van der Waals surface area contributed by atoms with E-state index in [-0.39, 0.29) is 37.4 Å². The number of aliphatic hydroxyl groups is 1. The minimum atomic E-state index is -1.65. The number of nitrogens with two attached hydrogens (primary N) is 2. The predicted molar refractivity (Wildman–Crippen MR) is 356 cm³/mol. The lowest BCUT2D eigenvalue weighted by Gasteiger charge is -2.31. The highest BCUT2D eigenvalue weighted by atomic mass is 32.2. The molecule has 0 bridgehead atoms. The number of rotatable bonds is 37. The van der Waals surface area contributed by atoms with Gasteiger partial charge >= 0.3 is 0 Å². The lowest BCUT2D eigenvalue weighted by atomic mass is 10.00. The number of nitrogens with zero attached hydrogens (tertiary/aromatic N) is 2. The van der Waals surface area contributed by atoms with Crippen LogP contribution in [0.1, 0.15) is 83.6 Å². The standard InChI is InChI=1S/C67H91N13O14S/c1-39(2)30-49(74-55(83)36-71-64(91)53(33-46-26-18-12-19-27-46)80(9)66(93)42(6)73-60(87)48(68)31-44-22-14-10-15-23-44)62(89)72-41(5)58(85)78-57(40(3)4)65(92)75-50(32-45-24-16-11-17-25-45)63(90)76-51(34-56(84)95-38-47-28-20-13-21-29-47)67(94)79(8)43(7)59(86)77-52(37-81)61(88)70-35-54(69)82/h10-29,39-43,48-53,57,81H,30-38,68H2,1-9H3,(H2,69,82)(H,70,88)(H,71,91)(H,72,89)(H,73,87)(H,74,83)(H,75,92)(H,76,90)(H,77,86)(H,78,85)/t41-,42-,43-,48?,49-,50-,51-,52-,53-,57-/m0/s1. The van der Waals surface area contributed by atoms with Crippen molar-refractivity contribution in [3.05, 3.63) is 144 Å². The Kier molecular flexibility index (Phi) is 32.2. The van der Waals surface area contributed by atoms with Crippen molar-refractivity contribution in [3.63, 3.8) is 0 Å². The molecule has 0 aliphatic rings. The quantitative estimate of drug-likeness (QED) is 0.0269. The van der Waals surface area contributed by atoms with Crippen LogP contribution in [0, 0.1) is 11.8 Å². The van der Waals surface area contributed by atoms with Gasteiger partial charge in [0, 0.05) is 39.1 Å². The molecule has 12 amide bonds. The third-order valence-corrected chi connectivity index (χ3v) is 16.2. The fourth-order valence-electron chi connectivity index (χ4n) is 9.62. The molecule has 0 heterocycles. The molecule has 0 aliphatic heterocycles. The Morgan fingerprint density at radius 2 is 0.947 bits per heavy atom. The second-order valence-electron chi connectivity index (χ2n) is 23.8. The smallest absolute Gasteiger partial charge is 0.246 e. The van der Waals surface area contributed by atoms with E-state index in [9.17, 15) is 67.4 Å². The Morgan fingerprint density at radius 3 is 1.47 bits per heavy atom. The minimum Gasteiger partial charge on any atom is -0.394 e. The third kappa shape index (κ3) is 26.4. The topological polar surface area (TPSA) is 409 Å². The molecule has 0 aliphatic carbocycles. The summed E-state index contributed by atoms with van der Waals surface area (Å²) in [5, 5.41) is 32.2. The first kappa shape index (κ1) is 77.9. The van der Waals surface area contributed by atoms with Crippen LogP contribution in [0.2, 0.25) is 0 Å². The molecule has 95 heavy (non-hydrogen) atoms. The van der Waals surface area contributed by atoms with Crippen LogP contribution in [0.4, 0.5) is 0 Å². The van der Waals surface area contributed by atoms with Gasteiger partial charge in [-0.1, -0.05) is 161 Å². The maximum absolute atomic E-state index is 14.6. The number of aliphatic hydroxyl groups excluding tert-OH is 1. The van der Waals surface area contributed by atoms with E-state index in [1.54, 1.807) is 119 Å². The number of primary amides is 1. The maximum Gasteiger partial charge on any atom is 0.246 e. The lowest BCUT2D eigenvalue weighted by Crippen LogP contribution is -2.61. The van der Waals surface area contributed by atoms with Crippen molar-refractivity contribution in [2.45, 2.75) is 147 Å². The van der Waals surface area contributed by atoms with Gasteiger partial charge in [0.25, 0.3) is 0 Å². The molecular weight excluding hydrogens is 1240 g/mol. The summed E-state index contributed by atoms with van der Waals surface area (Å²) in [5.41, 5.74) is 14.1. The van der Waals surface area contributed by atoms with Crippen LogP contribution in [0.25, 0.3) is 0 Å². The van der Waals surface area contributed by atoms with Crippen molar-refractivity contribution in [1.82, 2.24) is 57.7 Å². The number of amides is 12. The van der Waals surface area contributed by atoms with Crippen molar-refractivity contribution in [2.24, 2.45) is 23.3 Å². The Bertz CT molecular complexity index is 3260. The molecule has 514 valence electrons. The molecule has 28 heteroatoms. The molecule has 4 aromatic rings. The summed E-state index contributed by atoms with van der Waals surface area (Å²) < 4.78 is 0. The average Bonchev–Trinajstić information content (AvgIpc) is 0.873. The Balaban J connectivity index is 1.48. The predicted octanol–water partition coefficient (Wildman–Crippen LogP) is -0.589. The van der Waals surface area contributed by atoms with Crippen molar-refractivity contribution in [1.29, 1.82) is 0 Å². The highest BCUT2D eigenvalue weighted by Gasteiger charge is 2.38. The van der Waals surface area contributed by atoms with Gasteiger partial charge in [-0.3, -0.25) is 62.3 Å². The molecule has 10 atom stereocenters. The van der Waals surface area contributed by atoms with E-state index in [1.807, 2.05) is 30.3 Å². The maximum atomic E-state index is 14.6. The van der Waals surface area contributed by atoms with E-state index in [4.69, 9.17) is 11.5 Å². The van der Waals surface area contributed by atoms with Gasteiger partial charge in [-0.15, -0.1) is 0 Å². The molecule has 0 saturated heterocycles. The molecule has 14 N–H and O–H groups in total. The highest BCUT2D eigenvalue weighted by Crippen LogP contribution is 2.18. The summed E-state index contributed by atoms with van der Waals surface area (Å²) >= 11 is 0.869. The molecule has 0 fully saturated rings. The van der Waals surface area contributed by atoms with Crippen molar-refractivity contribution in [3.8, 4) is 0 Å². The van der Waals surface area contributed by atoms with Gasteiger partial charge in [-0.25, -0.2) is 0 Å². The van der Waals surface area contributed by atoms with Crippen molar-refractivity contribution < 1.29 is 67.4 Å². The molecule has 0 spiro atoms. The monoisotopic (exact) mass is 1330 g/mol. The van der Waals surface area contributed by atoms with Crippen LogP contribution < -0.4 is 59.3 Å². The first-order valence-electron chi connectivity index (χ1n) is 31.2. The normalized spacial score (nSPS) is 14.2. The van der Waals surface area contributed by atoms with Gasteiger partial charge in [0.05, 0.1) is 25.7 Å². The van der Waals surface area contributed by atoms with Gasteiger partial charge in [-0.2, -0.15) is 0 Å². The number of thioether (sulfide) groups is 1. The number of benzene rings is 4. The summed E-state index contributed by atoms with van der Waals surface area (Å²) in [6.45, 7) is 8.83. The van der Waals surface area contributed by atoms with E-state index in [0.717, 1.165) is 27.8 Å². The zero-order valence-electron chi connectivity index (χ0n) is 55.1. The van der Waals surface area contributed by atoms with Crippen LogP contribution in [0.3, 0.4) is 0 Å². The lowest BCUT2D eigenvalue weighted by molar-refractivity contribution is -0.143. The zero-order chi connectivity index (χ0) is 70.5. The molecular formula is C67H91N13O14S. The molecule has 0 aromatic heterocycles. The Labute approximate surface area is 557 Å². The molecule has 4 aromatic carbocycles. The van der Waals surface area contributed by atoms with Gasteiger partial charge in [0.2, 0.25) is 70.9 Å². The number of nitrogens with one attached hydrogen (secondary N) is 9. The fourth-order valence-corrected chi connectivity index (χ4v) is 10.4. The number of carbonyl (C=O) groups is 13. The second-order valence-corrected chi connectivity index (χ2v) is 24.9.